The summed E-state index contributed by atoms with van der Waals surface area (Å²) in [6, 6.07) is 0. The molecule has 0 aliphatic rings. The fourth-order valence-corrected chi connectivity index (χ4v) is 6.71. The Balaban J connectivity index is 5.43. The topological polar surface area (TPSA) is 6.48 Å². The summed E-state index contributed by atoms with van der Waals surface area (Å²) >= 11 is -0.846. The molecular formula is C16H36N2Sn. The van der Waals surface area contributed by atoms with Gasteiger partial charge in [0.15, 0.2) is 0 Å². The summed E-state index contributed by atoms with van der Waals surface area (Å²) in [4.78, 5) is 0. The van der Waals surface area contributed by atoms with Gasteiger partial charge in [-0.05, 0) is 0 Å². The number of rotatable bonds is 2. The molecule has 0 aliphatic heterocycles. The molecule has 0 N–H and O–H groups in total. The van der Waals surface area contributed by atoms with E-state index in [1.807, 2.05) is 0 Å². The van der Waals surface area contributed by atoms with Crippen LogP contribution >= 0.6 is 0 Å². The number of hydrogen-bond donors (Lipinski definition) is 0. The second-order valence-corrected chi connectivity index (χ2v) is 12.6. The van der Waals surface area contributed by atoms with E-state index in [9.17, 15) is 0 Å². The number of hydrogen-bond acceptors (Lipinski definition) is 2. The van der Waals surface area contributed by atoms with E-state index < -0.39 is 21.7 Å². The van der Waals surface area contributed by atoms with Crippen molar-refractivity contribution in [1.29, 1.82) is 0 Å². The molecule has 0 saturated heterocycles. The first-order valence-electron chi connectivity index (χ1n) is 7.34. The molecule has 2 radical (unpaired) electrons. The van der Waals surface area contributed by atoms with E-state index in [0.29, 0.717) is 0 Å². The molecule has 0 aromatic heterocycles. The van der Waals surface area contributed by atoms with Crippen molar-refractivity contribution in [2.45, 2.75) is 105 Å². The first-order valence-corrected chi connectivity index (χ1v) is 9.89. The summed E-state index contributed by atoms with van der Waals surface area (Å²) in [6.45, 7) is 28.2. The van der Waals surface area contributed by atoms with E-state index in [1.54, 1.807) is 0 Å². The fourth-order valence-electron chi connectivity index (χ4n) is 2.71. The molecule has 0 aromatic rings. The molecule has 0 aromatic carbocycles. The van der Waals surface area contributed by atoms with Crippen LogP contribution in [-0.2, 0) is 0 Å². The Bertz CT molecular complexity index is 226. The minimum atomic E-state index is -0.846. The predicted molar refractivity (Wildman–Crippen MR) is 88.4 cm³/mol. The quantitative estimate of drug-likeness (QED) is 0.664. The van der Waals surface area contributed by atoms with Gasteiger partial charge in [-0.3, -0.25) is 0 Å². The van der Waals surface area contributed by atoms with Gasteiger partial charge in [0.05, 0.1) is 0 Å². The summed E-state index contributed by atoms with van der Waals surface area (Å²) in [7, 11) is 0. The van der Waals surface area contributed by atoms with Crippen molar-refractivity contribution in [3.8, 4) is 0 Å². The average molecular weight is 375 g/mol. The summed E-state index contributed by atoms with van der Waals surface area (Å²) in [5, 5.41) is 0. The molecule has 114 valence electrons. The first-order chi connectivity index (χ1) is 7.97. The average Bonchev–Trinajstić information content (AvgIpc) is 1.91. The van der Waals surface area contributed by atoms with E-state index in [-0.39, 0.29) is 22.2 Å². The predicted octanol–water partition coefficient (Wildman–Crippen LogP) is 4.32. The van der Waals surface area contributed by atoms with Gasteiger partial charge in [-0.15, -0.1) is 0 Å². The molecule has 0 saturated carbocycles. The maximum atomic E-state index is 2.76. The Morgan fingerprint density at radius 2 is 0.579 bits per heavy atom. The second-order valence-electron chi connectivity index (χ2n) is 9.45. The van der Waals surface area contributed by atoms with Gasteiger partial charge in [0, 0.05) is 0 Å². The zero-order valence-electron chi connectivity index (χ0n) is 15.4. The van der Waals surface area contributed by atoms with E-state index in [4.69, 9.17) is 0 Å². The van der Waals surface area contributed by atoms with Gasteiger partial charge >= 0.3 is 133 Å². The van der Waals surface area contributed by atoms with Crippen LogP contribution in [0.1, 0.15) is 83.1 Å². The van der Waals surface area contributed by atoms with Crippen molar-refractivity contribution in [3.05, 3.63) is 0 Å². The summed E-state index contributed by atoms with van der Waals surface area (Å²) in [5.74, 6) is 0. The molecule has 0 heterocycles. The van der Waals surface area contributed by atoms with Crippen molar-refractivity contribution in [3.63, 3.8) is 0 Å². The van der Waals surface area contributed by atoms with Crippen LogP contribution in [0.3, 0.4) is 0 Å². The van der Waals surface area contributed by atoms with Gasteiger partial charge in [0.1, 0.15) is 0 Å². The fraction of sp³-hybridized carbons (Fsp3) is 1.00. The monoisotopic (exact) mass is 376 g/mol. The molecule has 0 amide bonds. The minimum absolute atomic E-state index is 0.235. The van der Waals surface area contributed by atoms with Crippen LogP contribution < -0.4 is 0 Å². The molecule has 19 heavy (non-hydrogen) atoms. The van der Waals surface area contributed by atoms with Gasteiger partial charge in [-0.25, -0.2) is 0 Å². The third-order valence-electron chi connectivity index (χ3n) is 2.88. The normalized spacial score (nSPS) is 15.5. The van der Waals surface area contributed by atoms with Crippen LogP contribution in [0.25, 0.3) is 0 Å². The van der Waals surface area contributed by atoms with Gasteiger partial charge in [-0.1, -0.05) is 0 Å². The zero-order valence-corrected chi connectivity index (χ0v) is 18.2. The maximum absolute atomic E-state index is 2.76. The number of nitrogens with zero attached hydrogens (tertiary/aromatic N) is 2. The molecular weight excluding hydrogens is 339 g/mol. The van der Waals surface area contributed by atoms with Crippen molar-refractivity contribution < 1.29 is 0 Å². The van der Waals surface area contributed by atoms with Crippen LogP contribution in [-0.4, -0.2) is 50.1 Å². The molecule has 0 atom stereocenters. The van der Waals surface area contributed by atoms with Gasteiger partial charge in [-0.2, -0.15) is 0 Å². The Morgan fingerprint density at radius 3 is 0.684 bits per heavy atom. The molecule has 2 nitrogen and oxygen atoms in total. The summed E-state index contributed by atoms with van der Waals surface area (Å²) in [6.07, 6.45) is 0. The van der Waals surface area contributed by atoms with Crippen LogP contribution in [0.2, 0.25) is 0 Å². The van der Waals surface area contributed by atoms with Crippen LogP contribution in [0.4, 0.5) is 0 Å². The molecule has 0 fully saturated rings. The van der Waals surface area contributed by atoms with Crippen LogP contribution in [0, 0.1) is 0 Å². The van der Waals surface area contributed by atoms with Crippen LogP contribution in [0.15, 0.2) is 0 Å². The third-order valence-corrected chi connectivity index (χ3v) is 11.7. The van der Waals surface area contributed by atoms with E-state index in [1.165, 1.54) is 0 Å². The molecule has 0 aliphatic carbocycles. The van der Waals surface area contributed by atoms with E-state index in [0.717, 1.165) is 0 Å². The van der Waals surface area contributed by atoms with E-state index in [2.05, 4.69) is 89.3 Å². The van der Waals surface area contributed by atoms with Gasteiger partial charge in [0.2, 0.25) is 0 Å². The van der Waals surface area contributed by atoms with E-state index >= 15 is 0 Å². The van der Waals surface area contributed by atoms with Crippen molar-refractivity contribution >= 4 is 21.7 Å². The van der Waals surface area contributed by atoms with Crippen molar-refractivity contribution in [1.82, 2.24) is 6.24 Å². The Kier molecular flexibility index (Phi) is 6.06. The Morgan fingerprint density at radius 1 is 0.421 bits per heavy atom. The molecule has 0 rings (SSSR count). The molecule has 3 heteroatoms. The SMILES string of the molecule is CC(C)(C)[N]([Sn][N](C(C)(C)C)C(C)(C)C)C(C)(C)C. The molecule has 0 spiro atoms. The zero-order chi connectivity index (χ0) is 15.9. The summed E-state index contributed by atoms with van der Waals surface area (Å²) < 4.78 is 5.53. The Hall–Kier alpha value is 0.719. The molecule has 0 bridgehead atoms. The van der Waals surface area contributed by atoms with Crippen molar-refractivity contribution in [2.75, 3.05) is 0 Å². The van der Waals surface area contributed by atoms with Crippen molar-refractivity contribution in [2.24, 2.45) is 0 Å². The van der Waals surface area contributed by atoms with Crippen LogP contribution in [0.5, 0.6) is 0 Å². The Labute approximate surface area is 133 Å². The van der Waals surface area contributed by atoms with Gasteiger partial charge in [0.25, 0.3) is 0 Å². The first kappa shape index (κ1) is 19.7. The summed E-state index contributed by atoms with van der Waals surface area (Å²) in [5.41, 5.74) is 0.941. The van der Waals surface area contributed by atoms with Gasteiger partial charge < -0.3 is 0 Å². The third kappa shape index (κ3) is 6.34. The molecule has 0 unspecified atom stereocenters. The second kappa shape index (κ2) is 5.84. The standard InChI is InChI=1S/2C8H18N.Sn/c2*1-7(2,3)9-8(4,5)6;/h2*1-6H3;/q2*-1;+2.